The molecule has 122 valence electrons. The zero-order valence-electron chi connectivity index (χ0n) is 12.9. The molecule has 2 atom stereocenters. The molecule has 2 aliphatic rings. The monoisotopic (exact) mass is 326 g/mol. The lowest BCUT2D eigenvalue weighted by Gasteiger charge is -2.29. The molecule has 0 bridgehead atoms. The molecule has 0 spiro atoms. The maximum atomic E-state index is 13.0. The van der Waals surface area contributed by atoms with Crippen molar-refractivity contribution in [2.24, 2.45) is 5.92 Å². The highest BCUT2D eigenvalue weighted by Crippen LogP contribution is 2.33. The second kappa shape index (κ2) is 7.42. The van der Waals surface area contributed by atoms with E-state index < -0.39 is 0 Å². The van der Waals surface area contributed by atoms with E-state index in [4.69, 9.17) is 0 Å². The van der Waals surface area contributed by atoms with Gasteiger partial charge in [0.25, 0.3) is 0 Å². The van der Waals surface area contributed by atoms with Gasteiger partial charge in [0.05, 0.1) is 0 Å². The van der Waals surface area contributed by atoms with Crippen LogP contribution in [0, 0.1) is 11.7 Å². The molecule has 2 fully saturated rings. The van der Waals surface area contributed by atoms with Crippen LogP contribution in [0.2, 0.25) is 0 Å². The second-order valence-electron chi connectivity index (χ2n) is 6.35. The number of nitrogens with zero attached hydrogens (tertiary/aromatic N) is 1. The summed E-state index contributed by atoms with van der Waals surface area (Å²) < 4.78 is 13.0. The Labute approximate surface area is 137 Å². The molecular formula is C17H24ClFN2O. The maximum absolute atomic E-state index is 13.0. The molecule has 3 nitrogen and oxygen atoms in total. The number of likely N-dealkylation sites (tertiary alicyclic amines) is 1. The molecule has 1 aromatic carbocycles. The van der Waals surface area contributed by atoms with Crippen LogP contribution in [0.1, 0.15) is 37.7 Å². The molecule has 0 saturated carbocycles. The van der Waals surface area contributed by atoms with E-state index in [2.05, 4.69) is 12.2 Å². The van der Waals surface area contributed by atoms with Crippen molar-refractivity contribution in [1.82, 2.24) is 10.2 Å². The van der Waals surface area contributed by atoms with Crippen molar-refractivity contribution in [3.63, 3.8) is 0 Å². The Morgan fingerprint density at radius 3 is 2.50 bits per heavy atom. The highest BCUT2D eigenvalue weighted by atomic mass is 35.5. The first kappa shape index (κ1) is 17.2. The quantitative estimate of drug-likeness (QED) is 0.906. The summed E-state index contributed by atoms with van der Waals surface area (Å²) in [6, 6.07) is 7.01. The summed E-state index contributed by atoms with van der Waals surface area (Å²) in [5.74, 6) is 0.632. The van der Waals surface area contributed by atoms with Crippen molar-refractivity contribution in [3.8, 4) is 0 Å². The molecule has 22 heavy (non-hydrogen) atoms. The zero-order valence-corrected chi connectivity index (χ0v) is 13.7. The number of carbonyl (C=O) groups excluding carboxylic acids is 1. The third-order valence-corrected chi connectivity index (χ3v) is 4.89. The molecule has 3 rings (SSSR count). The number of hydrogen-bond donors (Lipinski definition) is 1. The van der Waals surface area contributed by atoms with Crippen LogP contribution in [-0.4, -0.2) is 36.5 Å². The van der Waals surface area contributed by atoms with Crippen LogP contribution in [0.15, 0.2) is 24.3 Å². The fourth-order valence-corrected chi connectivity index (χ4v) is 3.62. The van der Waals surface area contributed by atoms with Crippen LogP contribution in [0.4, 0.5) is 4.39 Å². The minimum absolute atomic E-state index is 0. The van der Waals surface area contributed by atoms with E-state index in [0.717, 1.165) is 44.5 Å². The van der Waals surface area contributed by atoms with Gasteiger partial charge in [-0.3, -0.25) is 4.79 Å². The fourth-order valence-electron chi connectivity index (χ4n) is 3.62. The molecule has 2 aliphatic heterocycles. The second-order valence-corrected chi connectivity index (χ2v) is 6.35. The van der Waals surface area contributed by atoms with Crippen LogP contribution in [-0.2, 0) is 4.79 Å². The highest BCUT2D eigenvalue weighted by Gasteiger charge is 2.36. The minimum atomic E-state index is -0.201. The lowest BCUT2D eigenvalue weighted by Crippen LogP contribution is -2.42. The summed E-state index contributed by atoms with van der Waals surface area (Å²) in [4.78, 5) is 14.7. The molecule has 2 unspecified atom stereocenters. The van der Waals surface area contributed by atoms with Gasteiger partial charge in [0.2, 0.25) is 5.91 Å². The number of halogens is 2. The number of hydrogen-bond acceptors (Lipinski definition) is 2. The van der Waals surface area contributed by atoms with Crippen LogP contribution in [0.3, 0.4) is 0 Å². The average Bonchev–Trinajstić information content (AvgIpc) is 2.90. The van der Waals surface area contributed by atoms with Gasteiger partial charge in [-0.25, -0.2) is 4.39 Å². The molecule has 0 aromatic heterocycles. The Morgan fingerprint density at radius 1 is 1.23 bits per heavy atom. The molecular weight excluding hydrogens is 303 g/mol. The molecule has 1 aromatic rings. The minimum Gasteiger partial charge on any atom is -0.339 e. The summed E-state index contributed by atoms with van der Waals surface area (Å²) in [5.41, 5.74) is 1.14. The summed E-state index contributed by atoms with van der Waals surface area (Å²) in [5, 5.41) is 3.31. The smallest absolute Gasteiger partial charge is 0.226 e. The van der Waals surface area contributed by atoms with Crippen molar-refractivity contribution < 1.29 is 9.18 Å². The standard InChI is InChI=1S/C17H23FN2O.ClH/c1-12-10-15(13-2-4-16(18)5-3-13)11-20(12)17(21)14-6-8-19-9-7-14;/h2-5,12,14-15,19H,6-11H2,1H3;1H. The third-order valence-electron chi connectivity index (χ3n) is 4.89. The number of carbonyl (C=O) groups is 1. The van der Waals surface area contributed by atoms with Gasteiger partial charge in [-0.15, -0.1) is 12.4 Å². The van der Waals surface area contributed by atoms with Gasteiger partial charge in [0.15, 0.2) is 0 Å². The van der Waals surface area contributed by atoms with Crippen molar-refractivity contribution in [3.05, 3.63) is 35.6 Å². The molecule has 1 amide bonds. The Kier molecular flexibility index (Phi) is 5.81. The van der Waals surface area contributed by atoms with Gasteiger partial charge in [-0.2, -0.15) is 0 Å². The normalized spacial score (nSPS) is 25.8. The van der Waals surface area contributed by atoms with Gasteiger partial charge in [0, 0.05) is 24.4 Å². The third kappa shape index (κ3) is 3.61. The Balaban J connectivity index is 0.00000176. The van der Waals surface area contributed by atoms with Crippen LogP contribution in [0.5, 0.6) is 0 Å². The molecule has 2 saturated heterocycles. The summed E-state index contributed by atoms with van der Waals surface area (Å²) in [6.07, 6.45) is 2.87. The van der Waals surface area contributed by atoms with Crippen LogP contribution >= 0.6 is 12.4 Å². The average molecular weight is 327 g/mol. The molecule has 5 heteroatoms. The van der Waals surface area contributed by atoms with E-state index in [9.17, 15) is 9.18 Å². The number of nitrogens with one attached hydrogen (secondary N) is 1. The maximum Gasteiger partial charge on any atom is 0.226 e. The zero-order chi connectivity index (χ0) is 14.8. The predicted molar refractivity (Wildman–Crippen MR) is 87.8 cm³/mol. The van der Waals surface area contributed by atoms with Gasteiger partial charge >= 0.3 is 0 Å². The Hall–Kier alpha value is -1.13. The topological polar surface area (TPSA) is 32.3 Å². The van der Waals surface area contributed by atoms with E-state index in [0.29, 0.717) is 11.8 Å². The first-order chi connectivity index (χ1) is 10.1. The van der Waals surface area contributed by atoms with Crippen molar-refractivity contribution >= 4 is 18.3 Å². The molecule has 2 heterocycles. The van der Waals surface area contributed by atoms with Crippen molar-refractivity contribution in [2.75, 3.05) is 19.6 Å². The number of rotatable bonds is 2. The number of amides is 1. The first-order valence-corrected chi connectivity index (χ1v) is 7.92. The summed E-state index contributed by atoms with van der Waals surface area (Å²) >= 11 is 0. The van der Waals surface area contributed by atoms with Gasteiger partial charge in [0.1, 0.15) is 5.82 Å². The predicted octanol–water partition coefficient (Wildman–Crippen LogP) is 2.95. The molecule has 1 N–H and O–H groups in total. The van der Waals surface area contributed by atoms with E-state index in [1.165, 1.54) is 12.1 Å². The van der Waals surface area contributed by atoms with Gasteiger partial charge in [-0.1, -0.05) is 12.1 Å². The molecule has 0 radical (unpaired) electrons. The Bertz CT molecular complexity index is 502. The van der Waals surface area contributed by atoms with Crippen LogP contribution in [0.25, 0.3) is 0 Å². The van der Waals surface area contributed by atoms with Gasteiger partial charge in [-0.05, 0) is 57.0 Å². The van der Waals surface area contributed by atoms with Crippen molar-refractivity contribution in [2.45, 2.75) is 38.1 Å². The SMILES string of the molecule is CC1CC(c2ccc(F)cc2)CN1C(=O)C1CCNCC1.Cl. The molecule has 0 aliphatic carbocycles. The van der Waals surface area contributed by atoms with Gasteiger partial charge < -0.3 is 10.2 Å². The number of benzene rings is 1. The first-order valence-electron chi connectivity index (χ1n) is 7.92. The summed E-state index contributed by atoms with van der Waals surface area (Å²) in [7, 11) is 0. The summed E-state index contributed by atoms with van der Waals surface area (Å²) in [6.45, 7) is 4.79. The Morgan fingerprint density at radius 2 is 1.86 bits per heavy atom. The fraction of sp³-hybridized carbons (Fsp3) is 0.588. The number of piperidine rings is 1. The largest absolute Gasteiger partial charge is 0.339 e. The van der Waals surface area contributed by atoms with E-state index in [-0.39, 0.29) is 30.2 Å². The van der Waals surface area contributed by atoms with E-state index in [1.807, 2.05) is 17.0 Å². The van der Waals surface area contributed by atoms with E-state index >= 15 is 0 Å². The lowest BCUT2D eigenvalue weighted by atomic mass is 9.96. The van der Waals surface area contributed by atoms with Crippen LogP contribution < -0.4 is 5.32 Å². The van der Waals surface area contributed by atoms with E-state index in [1.54, 1.807) is 0 Å². The van der Waals surface area contributed by atoms with Crippen molar-refractivity contribution in [1.29, 1.82) is 0 Å². The highest BCUT2D eigenvalue weighted by molar-refractivity contribution is 5.85. The lowest BCUT2D eigenvalue weighted by molar-refractivity contribution is -0.136.